The van der Waals surface area contributed by atoms with Crippen LogP contribution >= 0.6 is 0 Å². The highest BCUT2D eigenvalue weighted by molar-refractivity contribution is 5.88. The van der Waals surface area contributed by atoms with Crippen LogP contribution in [0.2, 0.25) is 0 Å². The largest absolute Gasteiger partial charge is 0.349 e. The number of amides is 1. The number of aryl methyl sites for hydroxylation is 1. The number of nitrogens with one attached hydrogen (secondary N) is 1. The third-order valence-electron chi connectivity index (χ3n) is 5.87. The molecule has 0 radical (unpaired) electrons. The van der Waals surface area contributed by atoms with Gasteiger partial charge in [0.25, 0.3) is 0 Å². The first-order chi connectivity index (χ1) is 10.7. The standard InChI is InChI=1S/C19H23NO2/c21-18-13-5-3-6-14(18)11-15(10-13)19(22)20-17-9-8-12-4-1-2-7-16(12)17/h1-2,4,7,13-15,17H,3,5-6,8-11H2,(H,20,22)/t13-,14-,17-/m0/s1. The molecule has 4 rings (SSSR count). The van der Waals surface area contributed by atoms with Crippen molar-refractivity contribution in [2.75, 3.05) is 0 Å². The molecule has 0 heterocycles. The number of hydrogen-bond acceptors (Lipinski definition) is 2. The molecule has 0 saturated heterocycles. The van der Waals surface area contributed by atoms with Gasteiger partial charge in [0.1, 0.15) is 5.78 Å². The highest BCUT2D eigenvalue weighted by Crippen LogP contribution is 2.40. The van der Waals surface area contributed by atoms with Crippen molar-refractivity contribution in [1.82, 2.24) is 5.32 Å². The molecule has 3 nitrogen and oxygen atoms in total. The Bertz CT molecular complexity index is 593. The molecule has 1 N–H and O–H groups in total. The molecule has 116 valence electrons. The van der Waals surface area contributed by atoms with Gasteiger partial charge >= 0.3 is 0 Å². The number of rotatable bonds is 2. The van der Waals surface area contributed by atoms with E-state index in [1.54, 1.807) is 0 Å². The average Bonchev–Trinajstić information content (AvgIpc) is 2.90. The summed E-state index contributed by atoms with van der Waals surface area (Å²) >= 11 is 0. The summed E-state index contributed by atoms with van der Waals surface area (Å²) in [6, 6.07) is 8.57. The summed E-state index contributed by atoms with van der Waals surface area (Å²) in [5.41, 5.74) is 2.64. The van der Waals surface area contributed by atoms with Crippen molar-refractivity contribution in [1.29, 1.82) is 0 Å². The Balaban J connectivity index is 1.44. The molecular formula is C19H23NO2. The number of carbonyl (C=O) groups is 2. The monoisotopic (exact) mass is 297 g/mol. The Kier molecular flexibility index (Phi) is 3.51. The number of benzene rings is 1. The summed E-state index contributed by atoms with van der Waals surface area (Å²) in [6.45, 7) is 0. The van der Waals surface area contributed by atoms with Crippen LogP contribution in [-0.2, 0) is 16.0 Å². The molecule has 2 bridgehead atoms. The van der Waals surface area contributed by atoms with Crippen molar-refractivity contribution in [2.24, 2.45) is 17.8 Å². The van der Waals surface area contributed by atoms with Gasteiger partial charge in [0, 0.05) is 17.8 Å². The smallest absolute Gasteiger partial charge is 0.223 e. The predicted molar refractivity (Wildman–Crippen MR) is 84.2 cm³/mol. The van der Waals surface area contributed by atoms with Gasteiger partial charge in [-0.3, -0.25) is 9.59 Å². The zero-order valence-corrected chi connectivity index (χ0v) is 12.9. The minimum atomic E-state index is 0.0424. The summed E-state index contributed by atoms with van der Waals surface area (Å²) < 4.78 is 0. The highest BCUT2D eigenvalue weighted by atomic mass is 16.2. The van der Waals surface area contributed by atoms with Crippen molar-refractivity contribution < 1.29 is 9.59 Å². The van der Waals surface area contributed by atoms with Crippen LogP contribution in [0.25, 0.3) is 0 Å². The molecule has 22 heavy (non-hydrogen) atoms. The molecule has 2 saturated carbocycles. The van der Waals surface area contributed by atoms with Crippen LogP contribution < -0.4 is 5.32 Å². The van der Waals surface area contributed by atoms with E-state index in [1.807, 2.05) is 6.07 Å². The molecule has 1 aromatic carbocycles. The lowest BCUT2D eigenvalue weighted by molar-refractivity contribution is -0.137. The van der Waals surface area contributed by atoms with Gasteiger partial charge in [0.2, 0.25) is 5.91 Å². The van der Waals surface area contributed by atoms with Gasteiger partial charge in [-0.15, -0.1) is 0 Å². The zero-order valence-electron chi connectivity index (χ0n) is 12.9. The van der Waals surface area contributed by atoms with Crippen molar-refractivity contribution in [2.45, 2.75) is 51.0 Å². The molecule has 0 aromatic heterocycles. The lowest BCUT2D eigenvalue weighted by Crippen LogP contribution is -2.43. The van der Waals surface area contributed by atoms with Gasteiger partial charge in [0.05, 0.1) is 6.04 Å². The first-order valence-electron chi connectivity index (χ1n) is 8.64. The summed E-state index contributed by atoms with van der Waals surface area (Å²) in [4.78, 5) is 24.8. The fraction of sp³-hybridized carbons (Fsp3) is 0.579. The molecule has 1 aromatic rings. The Morgan fingerprint density at radius 1 is 1.05 bits per heavy atom. The first-order valence-corrected chi connectivity index (χ1v) is 8.64. The highest BCUT2D eigenvalue weighted by Gasteiger charge is 2.41. The normalized spacial score (nSPS) is 33.4. The van der Waals surface area contributed by atoms with E-state index in [0.717, 1.165) is 44.9 Å². The molecule has 1 amide bonds. The Hall–Kier alpha value is -1.64. The molecule has 3 atom stereocenters. The Morgan fingerprint density at radius 3 is 2.55 bits per heavy atom. The van der Waals surface area contributed by atoms with Gasteiger partial charge in [-0.25, -0.2) is 0 Å². The minimum absolute atomic E-state index is 0.0424. The van der Waals surface area contributed by atoms with Gasteiger partial charge in [-0.05, 0) is 49.7 Å². The SMILES string of the molecule is O=C(N[C@H]1CCc2ccccc21)C1C[C@@H]2CCC[C@@H](C1)C2=O. The Morgan fingerprint density at radius 2 is 1.77 bits per heavy atom. The first kappa shape index (κ1) is 14.0. The summed E-state index contributed by atoms with van der Waals surface area (Å²) in [5, 5.41) is 3.26. The second-order valence-electron chi connectivity index (χ2n) is 7.19. The van der Waals surface area contributed by atoms with E-state index in [9.17, 15) is 9.59 Å². The lowest BCUT2D eigenvalue weighted by atomic mass is 9.67. The zero-order chi connectivity index (χ0) is 15.1. The minimum Gasteiger partial charge on any atom is -0.349 e. The third-order valence-corrected chi connectivity index (χ3v) is 5.87. The van der Waals surface area contributed by atoms with E-state index in [2.05, 4.69) is 23.5 Å². The second-order valence-corrected chi connectivity index (χ2v) is 7.19. The molecule has 3 aliphatic rings. The van der Waals surface area contributed by atoms with Crippen LogP contribution in [0, 0.1) is 17.8 Å². The van der Waals surface area contributed by atoms with Crippen LogP contribution in [0.3, 0.4) is 0 Å². The maximum absolute atomic E-state index is 12.7. The van der Waals surface area contributed by atoms with Crippen LogP contribution in [-0.4, -0.2) is 11.7 Å². The van der Waals surface area contributed by atoms with Gasteiger partial charge in [0.15, 0.2) is 0 Å². The van der Waals surface area contributed by atoms with Crippen molar-refractivity contribution in [3.05, 3.63) is 35.4 Å². The van der Waals surface area contributed by atoms with E-state index < -0.39 is 0 Å². The molecule has 0 spiro atoms. The van der Waals surface area contributed by atoms with Crippen molar-refractivity contribution in [3.8, 4) is 0 Å². The van der Waals surface area contributed by atoms with Crippen LogP contribution in [0.4, 0.5) is 0 Å². The summed E-state index contributed by atoms with van der Waals surface area (Å²) in [7, 11) is 0. The summed E-state index contributed by atoms with van der Waals surface area (Å²) in [6.07, 6.45) is 6.74. The molecular weight excluding hydrogens is 274 g/mol. The maximum Gasteiger partial charge on any atom is 0.223 e. The average molecular weight is 297 g/mol. The fourth-order valence-corrected chi connectivity index (χ4v) is 4.69. The van der Waals surface area contributed by atoms with E-state index in [-0.39, 0.29) is 29.7 Å². The molecule has 2 fully saturated rings. The molecule has 0 unspecified atom stereocenters. The third kappa shape index (κ3) is 2.37. The van der Waals surface area contributed by atoms with Crippen LogP contribution in [0.1, 0.15) is 55.7 Å². The van der Waals surface area contributed by atoms with Crippen LogP contribution in [0.15, 0.2) is 24.3 Å². The van der Waals surface area contributed by atoms with Gasteiger partial charge in [-0.1, -0.05) is 30.7 Å². The van der Waals surface area contributed by atoms with Crippen molar-refractivity contribution in [3.63, 3.8) is 0 Å². The van der Waals surface area contributed by atoms with Crippen molar-refractivity contribution >= 4 is 11.7 Å². The number of carbonyl (C=O) groups excluding carboxylic acids is 2. The molecule has 3 heteroatoms. The molecule has 3 aliphatic carbocycles. The summed E-state index contributed by atoms with van der Waals surface area (Å²) in [5.74, 6) is 0.951. The van der Waals surface area contributed by atoms with E-state index >= 15 is 0 Å². The van der Waals surface area contributed by atoms with Gasteiger partial charge in [-0.2, -0.15) is 0 Å². The second kappa shape index (κ2) is 5.53. The number of fused-ring (bicyclic) bond motifs is 3. The predicted octanol–water partition coefficient (Wildman–Crippen LogP) is 3.19. The van der Waals surface area contributed by atoms with Crippen LogP contribution in [0.5, 0.6) is 0 Å². The molecule has 0 aliphatic heterocycles. The number of Topliss-reactive ketones (excluding diaryl/α,β-unsaturated/α-hetero) is 1. The number of hydrogen-bond donors (Lipinski definition) is 1. The van der Waals surface area contributed by atoms with Gasteiger partial charge < -0.3 is 5.32 Å². The number of ketones is 1. The fourth-order valence-electron chi connectivity index (χ4n) is 4.69. The lowest BCUT2D eigenvalue weighted by Gasteiger charge is -2.37. The van der Waals surface area contributed by atoms with E-state index in [4.69, 9.17) is 0 Å². The Labute approximate surface area is 131 Å². The maximum atomic E-state index is 12.7. The van der Waals surface area contributed by atoms with E-state index in [0.29, 0.717) is 5.78 Å². The van der Waals surface area contributed by atoms with E-state index in [1.165, 1.54) is 11.1 Å². The quantitative estimate of drug-likeness (QED) is 0.911. The topological polar surface area (TPSA) is 46.2 Å².